The summed E-state index contributed by atoms with van der Waals surface area (Å²) in [7, 11) is 1.41. The molecule has 1 aromatic carbocycles. The van der Waals surface area contributed by atoms with Crippen LogP contribution in [0.25, 0.3) is 0 Å². The Kier molecular flexibility index (Phi) is 6.18. The number of carbonyl (C=O) groups is 2. The summed E-state index contributed by atoms with van der Waals surface area (Å²) >= 11 is 0. The van der Waals surface area contributed by atoms with E-state index in [0.717, 1.165) is 58.3 Å². The van der Waals surface area contributed by atoms with Crippen molar-refractivity contribution < 1.29 is 19.1 Å². The van der Waals surface area contributed by atoms with Crippen molar-refractivity contribution >= 4 is 12.2 Å². The van der Waals surface area contributed by atoms with Crippen LogP contribution in [0.3, 0.4) is 0 Å². The summed E-state index contributed by atoms with van der Waals surface area (Å²) < 4.78 is 9.98. The van der Waals surface area contributed by atoms with Gasteiger partial charge in [0.2, 0.25) is 0 Å². The predicted octanol–water partition coefficient (Wildman–Crippen LogP) is 3.44. The van der Waals surface area contributed by atoms with Crippen LogP contribution in [0.2, 0.25) is 0 Å². The van der Waals surface area contributed by atoms with Gasteiger partial charge in [-0.15, -0.1) is 0 Å². The number of carbonyl (C=O) groups excluding carboxylic acids is 2. The molecule has 2 amide bonds. The van der Waals surface area contributed by atoms with E-state index in [1.807, 2.05) is 11.8 Å². The number of nitrogens with one attached hydrogen (secondary N) is 1. The van der Waals surface area contributed by atoms with E-state index in [2.05, 4.69) is 34.5 Å². The van der Waals surface area contributed by atoms with Gasteiger partial charge >= 0.3 is 12.2 Å². The first kappa shape index (κ1) is 21.0. The van der Waals surface area contributed by atoms with Crippen LogP contribution in [0, 0.1) is 0 Å². The van der Waals surface area contributed by atoms with Gasteiger partial charge in [0.1, 0.15) is 0 Å². The van der Waals surface area contributed by atoms with Gasteiger partial charge in [-0.3, -0.25) is 0 Å². The van der Waals surface area contributed by atoms with Crippen LogP contribution < -0.4 is 5.32 Å². The van der Waals surface area contributed by atoms with E-state index < -0.39 is 0 Å². The molecule has 7 heteroatoms. The number of hydrogen-bond donors (Lipinski definition) is 1. The van der Waals surface area contributed by atoms with Crippen LogP contribution >= 0.6 is 0 Å². The maximum atomic E-state index is 11.9. The second-order valence-electron chi connectivity index (χ2n) is 8.71. The zero-order valence-electron chi connectivity index (χ0n) is 18.1. The number of methoxy groups -OCH3 is 1. The molecule has 4 rings (SSSR count). The van der Waals surface area contributed by atoms with E-state index in [9.17, 15) is 9.59 Å². The van der Waals surface area contributed by atoms with Crippen molar-refractivity contribution in [1.29, 1.82) is 0 Å². The molecule has 3 aliphatic rings. The first-order valence-corrected chi connectivity index (χ1v) is 11.2. The molecular formula is C23H33N3O4. The molecule has 2 saturated heterocycles. The standard InChI is InChI=1S/C23H33N3O4/c1-3-30-22(28)26-12-8-17(9-13-26)25-14-10-23(11-15-25)16-20(24-21(27)29-2)18-6-4-5-7-19(18)23/h4-7,17,20H,3,8-16H2,1-2H3,(H,24,27)/t20-/m0/s1. The highest BCUT2D eigenvalue weighted by atomic mass is 16.6. The normalized spacial score (nSPS) is 23.8. The number of piperidine rings is 2. The quantitative estimate of drug-likeness (QED) is 0.819. The first-order chi connectivity index (χ1) is 14.6. The highest BCUT2D eigenvalue weighted by molar-refractivity contribution is 5.68. The van der Waals surface area contributed by atoms with Crippen molar-refractivity contribution in [1.82, 2.24) is 15.1 Å². The highest BCUT2D eigenvalue weighted by Crippen LogP contribution is 2.51. The molecule has 0 bridgehead atoms. The van der Waals surface area contributed by atoms with E-state index >= 15 is 0 Å². The Hall–Kier alpha value is -2.28. The van der Waals surface area contributed by atoms with Crippen LogP contribution in [0.15, 0.2) is 24.3 Å². The largest absolute Gasteiger partial charge is 0.453 e. The molecule has 2 aliphatic heterocycles. The smallest absolute Gasteiger partial charge is 0.409 e. The monoisotopic (exact) mass is 415 g/mol. The van der Waals surface area contributed by atoms with E-state index in [-0.39, 0.29) is 23.6 Å². The summed E-state index contributed by atoms with van der Waals surface area (Å²) in [5.74, 6) is 0. The lowest BCUT2D eigenvalue weighted by Gasteiger charge is -2.45. The topological polar surface area (TPSA) is 71.1 Å². The van der Waals surface area contributed by atoms with E-state index in [0.29, 0.717) is 12.6 Å². The van der Waals surface area contributed by atoms with Crippen molar-refractivity contribution in [2.45, 2.75) is 56.5 Å². The fraction of sp³-hybridized carbons (Fsp3) is 0.652. The summed E-state index contributed by atoms with van der Waals surface area (Å²) in [6.07, 6.45) is 4.61. The van der Waals surface area contributed by atoms with Gasteiger partial charge in [0, 0.05) is 24.5 Å². The number of fused-ring (bicyclic) bond motifs is 2. The zero-order chi connectivity index (χ0) is 21.1. The van der Waals surface area contributed by atoms with Crippen molar-refractivity contribution in [3.63, 3.8) is 0 Å². The molecule has 1 aromatic rings. The Morgan fingerprint density at radius 1 is 1.13 bits per heavy atom. The maximum Gasteiger partial charge on any atom is 0.409 e. The Labute approximate surface area is 178 Å². The van der Waals surface area contributed by atoms with Crippen molar-refractivity contribution in [2.24, 2.45) is 0 Å². The molecule has 7 nitrogen and oxygen atoms in total. The number of benzene rings is 1. The minimum Gasteiger partial charge on any atom is -0.453 e. The average Bonchev–Trinajstić information content (AvgIpc) is 3.07. The van der Waals surface area contributed by atoms with E-state index in [1.54, 1.807) is 0 Å². The average molecular weight is 416 g/mol. The number of ether oxygens (including phenoxy) is 2. The number of hydrogen-bond acceptors (Lipinski definition) is 5. The second kappa shape index (κ2) is 8.84. The Morgan fingerprint density at radius 2 is 1.83 bits per heavy atom. The summed E-state index contributed by atoms with van der Waals surface area (Å²) in [6, 6.07) is 9.10. The molecule has 164 valence electrons. The van der Waals surface area contributed by atoms with Gasteiger partial charge in [-0.25, -0.2) is 9.59 Å². The van der Waals surface area contributed by atoms with Gasteiger partial charge in [-0.05, 0) is 63.2 Å². The van der Waals surface area contributed by atoms with Crippen LogP contribution in [0.4, 0.5) is 9.59 Å². The van der Waals surface area contributed by atoms with Gasteiger partial charge in [-0.2, -0.15) is 0 Å². The molecule has 0 radical (unpaired) electrons. The number of likely N-dealkylation sites (tertiary alicyclic amines) is 2. The van der Waals surface area contributed by atoms with Crippen LogP contribution in [0.5, 0.6) is 0 Å². The number of rotatable bonds is 3. The Morgan fingerprint density at radius 3 is 2.50 bits per heavy atom. The van der Waals surface area contributed by atoms with Crippen LogP contribution in [-0.4, -0.2) is 67.9 Å². The zero-order valence-corrected chi connectivity index (χ0v) is 18.1. The number of alkyl carbamates (subject to hydrolysis) is 1. The number of amides is 2. The molecule has 2 fully saturated rings. The molecule has 30 heavy (non-hydrogen) atoms. The summed E-state index contributed by atoms with van der Waals surface area (Å²) in [5, 5.41) is 3.03. The van der Waals surface area contributed by atoms with Crippen molar-refractivity contribution in [3.05, 3.63) is 35.4 Å². The minimum atomic E-state index is -0.363. The fourth-order valence-corrected chi connectivity index (χ4v) is 5.64. The highest BCUT2D eigenvalue weighted by Gasteiger charge is 2.46. The van der Waals surface area contributed by atoms with E-state index in [1.165, 1.54) is 18.2 Å². The van der Waals surface area contributed by atoms with Gasteiger partial charge in [0.25, 0.3) is 0 Å². The molecule has 1 spiro atoms. The third-order valence-corrected chi connectivity index (χ3v) is 7.24. The van der Waals surface area contributed by atoms with Gasteiger partial charge < -0.3 is 24.6 Å². The lowest BCUT2D eigenvalue weighted by atomic mass is 9.73. The number of nitrogens with zero attached hydrogens (tertiary/aromatic N) is 2. The van der Waals surface area contributed by atoms with Crippen LogP contribution in [0.1, 0.15) is 56.2 Å². The Balaban J connectivity index is 1.37. The molecule has 1 aliphatic carbocycles. The fourth-order valence-electron chi connectivity index (χ4n) is 5.64. The molecule has 2 heterocycles. The third-order valence-electron chi connectivity index (χ3n) is 7.24. The van der Waals surface area contributed by atoms with Crippen molar-refractivity contribution in [3.8, 4) is 0 Å². The first-order valence-electron chi connectivity index (χ1n) is 11.2. The molecular weight excluding hydrogens is 382 g/mol. The van der Waals surface area contributed by atoms with Gasteiger partial charge in [0.05, 0.1) is 19.8 Å². The van der Waals surface area contributed by atoms with Gasteiger partial charge in [-0.1, -0.05) is 24.3 Å². The lowest BCUT2D eigenvalue weighted by molar-refractivity contribution is 0.0552. The summed E-state index contributed by atoms with van der Waals surface area (Å²) in [6.45, 7) is 5.95. The predicted molar refractivity (Wildman–Crippen MR) is 113 cm³/mol. The van der Waals surface area contributed by atoms with Gasteiger partial charge in [0.15, 0.2) is 0 Å². The molecule has 0 aromatic heterocycles. The summed E-state index contributed by atoms with van der Waals surface area (Å²) in [4.78, 5) is 28.2. The molecule has 0 unspecified atom stereocenters. The second-order valence-corrected chi connectivity index (χ2v) is 8.71. The van der Waals surface area contributed by atoms with Crippen LogP contribution in [-0.2, 0) is 14.9 Å². The third kappa shape index (κ3) is 4.00. The molecule has 1 N–H and O–H groups in total. The maximum absolute atomic E-state index is 11.9. The van der Waals surface area contributed by atoms with E-state index in [4.69, 9.17) is 9.47 Å². The molecule has 1 atom stereocenters. The molecule has 0 saturated carbocycles. The Bertz CT molecular complexity index is 767. The summed E-state index contributed by atoms with van der Waals surface area (Å²) in [5.41, 5.74) is 2.76. The SMILES string of the molecule is CCOC(=O)N1CCC(N2CCC3(CC2)C[C@H](NC(=O)OC)c2ccccc23)CC1. The lowest BCUT2D eigenvalue weighted by Crippen LogP contribution is -2.51. The van der Waals surface area contributed by atoms with Crippen molar-refractivity contribution in [2.75, 3.05) is 39.9 Å². The minimum absolute atomic E-state index is 0.0213.